The molecule has 11 heteroatoms. The summed E-state index contributed by atoms with van der Waals surface area (Å²) < 4.78 is 16.3. The molecule has 2 heterocycles. The Balaban J connectivity index is 1.39. The molecular formula is C27H29N3O7S. The second kappa shape index (κ2) is 12.1. The van der Waals surface area contributed by atoms with Gasteiger partial charge in [-0.1, -0.05) is 18.2 Å². The third-order valence-electron chi connectivity index (χ3n) is 6.25. The summed E-state index contributed by atoms with van der Waals surface area (Å²) in [5.74, 6) is -0.416. The van der Waals surface area contributed by atoms with Crippen LogP contribution in [0.1, 0.15) is 16.7 Å². The van der Waals surface area contributed by atoms with Gasteiger partial charge in [0.05, 0.1) is 25.2 Å². The van der Waals surface area contributed by atoms with Gasteiger partial charge in [-0.25, -0.2) is 0 Å². The predicted octanol–water partition coefficient (Wildman–Crippen LogP) is 3.22. The minimum absolute atomic E-state index is 0.202. The normalized spacial score (nSPS) is 16.7. The van der Waals surface area contributed by atoms with Gasteiger partial charge in [0.1, 0.15) is 6.54 Å². The zero-order valence-corrected chi connectivity index (χ0v) is 22.3. The van der Waals surface area contributed by atoms with Crippen molar-refractivity contribution in [1.82, 2.24) is 9.80 Å². The van der Waals surface area contributed by atoms with Crippen LogP contribution in [-0.4, -0.2) is 79.3 Å². The number of carbonyl (C=O) groups excluding carboxylic acids is 4. The topological polar surface area (TPSA) is 114 Å². The quantitative estimate of drug-likeness (QED) is 0.509. The van der Waals surface area contributed by atoms with E-state index in [0.29, 0.717) is 43.4 Å². The monoisotopic (exact) mass is 539 g/mol. The van der Waals surface area contributed by atoms with Crippen molar-refractivity contribution in [2.75, 3.05) is 51.9 Å². The maximum Gasteiger partial charge on any atom is 0.294 e. The van der Waals surface area contributed by atoms with Crippen LogP contribution in [0.3, 0.4) is 0 Å². The van der Waals surface area contributed by atoms with Crippen LogP contribution in [0.25, 0.3) is 6.08 Å². The fourth-order valence-electron chi connectivity index (χ4n) is 3.94. The summed E-state index contributed by atoms with van der Waals surface area (Å²) >= 11 is 0.778. The molecule has 10 nitrogen and oxygen atoms in total. The molecule has 2 aliphatic rings. The highest BCUT2D eigenvalue weighted by Gasteiger charge is 2.37. The van der Waals surface area contributed by atoms with Crippen molar-refractivity contribution in [3.8, 4) is 11.5 Å². The molecule has 0 bridgehead atoms. The predicted molar refractivity (Wildman–Crippen MR) is 143 cm³/mol. The van der Waals surface area contributed by atoms with Crippen molar-refractivity contribution in [3.05, 3.63) is 58.0 Å². The summed E-state index contributed by atoms with van der Waals surface area (Å²) in [4.78, 5) is 53.0. The number of ether oxygens (including phenoxy) is 3. The molecule has 0 aliphatic carbocycles. The van der Waals surface area contributed by atoms with Crippen LogP contribution in [-0.2, 0) is 19.1 Å². The van der Waals surface area contributed by atoms with Gasteiger partial charge in [0, 0.05) is 18.8 Å². The Morgan fingerprint density at radius 2 is 1.87 bits per heavy atom. The Kier molecular flexibility index (Phi) is 8.70. The first-order valence-electron chi connectivity index (χ1n) is 12.0. The van der Waals surface area contributed by atoms with Crippen LogP contribution in [0.5, 0.6) is 11.5 Å². The fourth-order valence-corrected chi connectivity index (χ4v) is 4.78. The first-order chi connectivity index (χ1) is 18.3. The van der Waals surface area contributed by atoms with Crippen LogP contribution < -0.4 is 14.8 Å². The number of imide groups is 1. The molecule has 0 radical (unpaired) electrons. The van der Waals surface area contributed by atoms with E-state index in [1.165, 1.54) is 7.11 Å². The summed E-state index contributed by atoms with van der Waals surface area (Å²) in [6.07, 6.45) is 1.56. The summed E-state index contributed by atoms with van der Waals surface area (Å²) in [6.45, 7) is 5.13. The lowest BCUT2D eigenvalue weighted by atomic mass is 10.1. The Hall–Kier alpha value is -3.83. The number of morpholine rings is 1. The Bertz CT molecular complexity index is 1290. The van der Waals surface area contributed by atoms with E-state index >= 15 is 0 Å². The van der Waals surface area contributed by atoms with Gasteiger partial charge < -0.3 is 24.4 Å². The minimum Gasteiger partial charge on any atom is -0.493 e. The zero-order chi connectivity index (χ0) is 27.2. The molecule has 38 heavy (non-hydrogen) atoms. The first-order valence-corrected chi connectivity index (χ1v) is 12.9. The van der Waals surface area contributed by atoms with E-state index in [2.05, 4.69) is 5.32 Å². The van der Waals surface area contributed by atoms with Crippen molar-refractivity contribution >= 4 is 46.5 Å². The Morgan fingerprint density at radius 3 is 2.61 bits per heavy atom. The van der Waals surface area contributed by atoms with E-state index in [1.54, 1.807) is 29.2 Å². The van der Waals surface area contributed by atoms with Gasteiger partial charge in [-0.15, -0.1) is 0 Å². The van der Waals surface area contributed by atoms with Crippen molar-refractivity contribution < 1.29 is 33.4 Å². The van der Waals surface area contributed by atoms with Gasteiger partial charge in [0.2, 0.25) is 5.91 Å². The molecule has 0 saturated carbocycles. The highest BCUT2D eigenvalue weighted by atomic mass is 32.2. The molecule has 2 fully saturated rings. The summed E-state index contributed by atoms with van der Waals surface area (Å²) in [6, 6.07) is 10.6. The molecule has 0 spiro atoms. The smallest absolute Gasteiger partial charge is 0.294 e. The molecular weight excluding hydrogens is 510 g/mol. The molecule has 4 amide bonds. The van der Waals surface area contributed by atoms with Crippen molar-refractivity contribution in [3.63, 3.8) is 0 Å². The van der Waals surface area contributed by atoms with E-state index in [0.717, 1.165) is 33.5 Å². The van der Waals surface area contributed by atoms with Gasteiger partial charge in [-0.2, -0.15) is 0 Å². The molecule has 0 atom stereocenters. The number of rotatable bonds is 8. The van der Waals surface area contributed by atoms with Crippen molar-refractivity contribution in [2.24, 2.45) is 0 Å². The number of hydrogen-bond acceptors (Lipinski definition) is 8. The average Bonchev–Trinajstić information content (AvgIpc) is 3.18. The number of amides is 4. The van der Waals surface area contributed by atoms with Gasteiger partial charge in [0.15, 0.2) is 18.1 Å². The summed E-state index contributed by atoms with van der Waals surface area (Å²) in [5, 5.41) is 2.35. The van der Waals surface area contributed by atoms with E-state index in [1.807, 2.05) is 32.0 Å². The number of aryl methyl sites for hydroxylation is 1. The number of nitrogens with one attached hydrogen (secondary N) is 1. The molecule has 2 aliphatic heterocycles. The second-order valence-corrected chi connectivity index (χ2v) is 9.75. The average molecular weight is 540 g/mol. The van der Waals surface area contributed by atoms with Crippen LogP contribution in [0.15, 0.2) is 41.3 Å². The maximum atomic E-state index is 12.9. The largest absolute Gasteiger partial charge is 0.493 e. The van der Waals surface area contributed by atoms with Gasteiger partial charge >= 0.3 is 0 Å². The molecule has 4 rings (SSSR count). The Labute approximate surface area is 224 Å². The van der Waals surface area contributed by atoms with Gasteiger partial charge in [-0.05, 0) is 66.6 Å². The third-order valence-corrected chi connectivity index (χ3v) is 7.16. The SMILES string of the molecule is COc1cc(/C=C2\SC(=O)N(CC(=O)N3CCOCC3)C2=O)ccc1OCC(=O)Nc1cccc(C)c1C. The number of nitrogens with zero attached hydrogens (tertiary/aromatic N) is 2. The number of hydrogen-bond donors (Lipinski definition) is 1. The highest BCUT2D eigenvalue weighted by Crippen LogP contribution is 2.34. The van der Waals surface area contributed by atoms with Crippen molar-refractivity contribution in [1.29, 1.82) is 0 Å². The third kappa shape index (κ3) is 6.35. The number of thioether (sulfide) groups is 1. The summed E-state index contributed by atoms with van der Waals surface area (Å²) in [5.41, 5.74) is 3.38. The number of anilines is 1. The molecule has 2 aromatic rings. The fraction of sp³-hybridized carbons (Fsp3) is 0.333. The van der Waals surface area contributed by atoms with Crippen LogP contribution >= 0.6 is 11.8 Å². The summed E-state index contributed by atoms with van der Waals surface area (Å²) in [7, 11) is 1.47. The maximum absolute atomic E-state index is 12.9. The molecule has 0 aromatic heterocycles. The lowest BCUT2D eigenvalue weighted by molar-refractivity contribution is -0.139. The Morgan fingerprint density at radius 1 is 1.11 bits per heavy atom. The number of methoxy groups -OCH3 is 1. The molecule has 2 aromatic carbocycles. The van der Waals surface area contributed by atoms with Crippen LogP contribution in [0, 0.1) is 13.8 Å². The standard InChI is InChI=1S/C27H29N3O7S/c1-17-5-4-6-20(18(17)2)28-24(31)16-37-21-8-7-19(13-22(21)35-3)14-23-26(33)30(27(34)38-23)15-25(32)29-9-11-36-12-10-29/h4-8,13-14H,9-12,15-16H2,1-3H3,(H,28,31)/b23-14-. The molecule has 200 valence electrons. The number of carbonyl (C=O) groups is 4. The van der Waals surface area contributed by atoms with Crippen LogP contribution in [0.2, 0.25) is 0 Å². The lowest BCUT2D eigenvalue weighted by Crippen LogP contribution is -2.46. The van der Waals surface area contributed by atoms with Gasteiger partial charge in [0.25, 0.3) is 17.1 Å². The second-order valence-electron chi connectivity index (χ2n) is 8.76. The zero-order valence-electron chi connectivity index (χ0n) is 21.4. The van der Waals surface area contributed by atoms with E-state index in [9.17, 15) is 19.2 Å². The molecule has 0 unspecified atom stereocenters. The molecule has 1 N–H and O–H groups in total. The number of benzene rings is 2. The van der Waals surface area contributed by atoms with E-state index in [-0.39, 0.29) is 29.9 Å². The highest BCUT2D eigenvalue weighted by molar-refractivity contribution is 8.18. The minimum atomic E-state index is -0.524. The van der Waals surface area contributed by atoms with E-state index < -0.39 is 11.1 Å². The van der Waals surface area contributed by atoms with E-state index in [4.69, 9.17) is 14.2 Å². The van der Waals surface area contributed by atoms with Gasteiger partial charge in [-0.3, -0.25) is 24.1 Å². The van der Waals surface area contributed by atoms with Crippen LogP contribution in [0.4, 0.5) is 10.5 Å². The first kappa shape index (κ1) is 27.2. The molecule has 2 saturated heterocycles. The lowest BCUT2D eigenvalue weighted by Gasteiger charge is -2.28. The van der Waals surface area contributed by atoms with Crippen molar-refractivity contribution in [2.45, 2.75) is 13.8 Å².